The molecule has 1 amide bonds. The Bertz CT molecular complexity index is 415. The molecule has 1 fully saturated rings. The van der Waals surface area contributed by atoms with Crippen LogP contribution in [-0.4, -0.2) is 42.5 Å². The van der Waals surface area contributed by atoms with Crippen LogP contribution < -0.4 is 10.6 Å². The molecule has 4 heteroatoms. The minimum absolute atomic E-state index is 0.0180. The van der Waals surface area contributed by atoms with Crippen molar-refractivity contribution in [1.29, 1.82) is 0 Å². The average Bonchev–Trinajstić information content (AvgIpc) is 2.92. The van der Waals surface area contributed by atoms with Gasteiger partial charge in [-0.3, -0.25) is 4.79 Å². The van der Waals surface area contributed by atoms with Gasteiger partial charge in [-0.1, -0.05) is 18.2 Å². The SMILES string of the molecule is CC(CN1CCCC1)NC(C)C(=O)Nc1ccccc1. The molecule has 2 atom stereocenters. The van der Waals surface area contributed by atoms with E-state index in [-0.39, 0.29) is 11.9 Å². The van der Waals surface area contributed by atoms with Crippen LogP contribution in [0, 0.1) is 0 Å². The molecule has 20 heavy (non-hydrogen) atoms. The Labute approximate surface area is 121 Å². The Morgan fingerprint density at radius 3 is 2.50 bits per heavy atom. The van der Waals surface area contributed by atoms with Crippen LogP contribution in [0.25, 0.3) is 0 Å². The van der Waals surface area contributed by atoms with Crippen LogP contribution >= 0.6 is 0 Å². The number of hydrogen-bond donors (Lipinski definition) is 2. The number of anilines is 1. The Morgan fingerprint density at radius 1 is 1.20 bits per heavy atom. The van der Waals surface area contributed by atoms with Crippen molar-refractivity contribution in [3.63, 3.8) is 0 Å². The lowest BCUT2D eigenvalue weighted by Crippen LogP contribution is -2.47. The summed E-state index contributed by atoms with van der Waals surface area (Å²) in [5.74, 6) is 0.0180. The van der Waals surface area contributed by atoms with E-state index in [0.29, 0.717) is 6.04 Å². The fourth-order valence-corrected chi connectivity index (χ4v) is 2.68. The first-order valence-corrected chi connectivity index (χ1v) is 7.49. The first-order chi connectivity index (χ1) is 9.65. The molecule has 1 aromatic carbocycles. The predicted octanol–water partition coefficient (Wildman–Crippen LogP) is 2.09. The number of likely N-dealkylation sites (tertiary alicyclic amines) is 1. The molecule has 1 heterocycles. The van der Waals surface area contributed by atoms with Gasteiger partial charge in [0.1, 0.15) is 0 Å². The maximum Gasteiger partial charge on any atom is 0.241 e. The molecule has 0 saturated carbocycles. The van der Waals surface area contributed by atoms with E-state index in [0.717, 1.165) is 12.2 Å². The van der Waals surface area contributed by atoms with Gasteiger partial charge in [0.2, 0.25) is 5.91 Å². The van der Waals surface area contributed by atoms with Crippen molar-refractivity contribution in [3.05, 3.63) is 30.3 Å². The molecule has 1 aliphatic rings. The lowest BCUT2D eigenvalue weighted by Gasteiger charge is -2.24. The molecule has 0 aromatic heterocycles. The highest BCUT2D eigenvalue weighted by Gasteiger charge is 2.18. The average molecular weight is 275 g/mol. The number of carbonyl (C=O) groups is 1. The maximum atomic E-state index is 12.1. The van der Waals surface area contributed by atoms with Crippen LogP contribution in [0.1, 0.15) is 26.7 Å². The molecule has 2 N–H and O–H groups in total. The highest BCUT2D eigenvalue weighted by molar-refractivity contribution is 5.94. The maximum absolute atomic E-state index is 12.1. The second kappa shape index (κ2) is 7.41. The molecule has 110 valence electrons. The van der Waals surface area contributed by atoms with Crippen molar-refractivity contribution in [1.82, 2.24) is 10.2 Å². The molecule has 0 radical (unpaired) electrons. The van der Waals surface area contributed by atoms with E-state index in [4.69, 9.17) is 0 Å². The number of nitrogens with zero attached hydrogens (tertiary/aromatic N) is 1. The fraction of sp³-hybridized carbons (Fsp3) is 0.562. The summed E-state index contributed by atoms with van der Waals surface area (Å²) in [4.78, 5) is 14.6. The van der Waals surface area contributed by atoms with Crippen molar-refractivity contribution in [2.75, 3.05) is 25.0 Å². The topological polar surface area (TPSA) is 44.4 Å². The van der Waals surface area contributed by atoms with Crippen LogP contribution in [0.15, 0.2) is 30.3 Å². The minimum Gasteiger partial charge on any atom is -0.325 e. The van der Waals surface area contributed by atoms with Gasteiger partial charge in [0.05, 0.1) is 6.04 Å². The summed E-state index contributed by atoms with van der Waals surface area (Å²) in [7, 11) is 0. The molecule has 4 nitrogen and oxygen atoms in total. The Hall–Kier alpha value is -1.39. The lowest BCUT2D eigenvalue weighted by molar-refractivity contribution is -0.118. The monoisotopic (exact) mass is 275 g/mol. The number of hydrogen-bond acceptors (Lipinski definition) is 3. The zero-order valence-corrected chi connectivity index (χ0v) is 12.4. The molecule has 0 bridgehead atoms. The van der Waals surface area contributed by atoms with Gasteiger partial charge in [-0.15, -0.1) is 0 Å². The first kappa shape index (κ1) is 15.0. The molecule has 2 rings (SSSR count). The summed E-state index contributed by atoms with van der Waals surface area (Å²) in [6.07, 6.45) is 2.60. The molecule has 0 aliphatic carbocycles. The minimum atomic E-state index is -0.187. The van der Waals surface area contributed by atoms with Crippen molar-refractivity contribution in [2.24, 2.45) is 0 Å². The van der Waals surface area contributed by atoms with Crippen LogP contribution in [0.2, 0.25) is 0 Å². The van der Waals surface area contributed by atoms with E-state index in [1.54, 1.807) is 0 Å². The summed E-state index contributed by atoms with van der Waals surface area (Å²) < 4.78 is 0. The van der Waals surface area contributed by atoms with Gasteiger partial charge >= 0.3 is 0 Å². The van der Waals surface area contributed by atoms with Gasteiger partial charge in [0, 0.05) is 18.3 Å². The Balaban J connectivity index is 1.75. The molecule has 2 unspecified atom stereocenters. The van der Waals surface area contributed by atoms with Gasteiger partial charge < -0.3 is 15.5 Å². The normalized spacial score (nSPS) is 18.7. The van der Waals surface area contributed by atoms with Crippen molar-refractivity contribution >= 4 is 11.6 Å². The number of nitrogens with one attached hydrogen (secondary N) is 2. The van der Waals surface area contributed by atoms with Gasteiger partial charge in [-0.25, -0.2) is 0 Å². The Kier molecular flexibility index (Phi) is 5.56. The molecule has 0 spiro atoms. The highest BCUT2D eigenvalue weighted by Crippen LogP contribution is 2.08. The molecular formula is C16H25N3O. The zero-order valence-electron chi connectivity index (χ0n) is 12.4. The third-order valence-electron chi connectivity index (χ3n) is 3.70. The summed E-state index contributed by atoms with van der Waals surface area (Å²) in [6, 6.07) is 9.72. The standard InChI is InChI=1S/C16H25N3O/c1-13(12-19-10-6-7-11-19)17-14(2)16(20)18-15-8-4-3-5-9-15/h3-5,8-9,13-14,17H,6-7,10-12H2,1-2H3,(H,18,20). The highest BCUT2D eigenvalue weighted by atomic mass is 16.2. The second-order valence-corrected chi connectivity index (χ2v) is 5.65. The van der Waals surface area contributed by atoms with E-state index in [1.807, 2.05) is 37.3 Å². The Morgan fingerprint density at radius 2 is 1.85 bits per heavy atom. The largest absolute Gasteiger partial charge is 0.325 e. The van der Waals surface area contributed by atoms with E-state index in [1.165, 1.54) is 25.9 Å². The predicted molar refractivity (Wildman–Crippen MR) is 82.8 cm³/mol. The number of para-hydroxylation sites is 1. The molecular weight excluding hydrogens is 250 g/mol. The second-order valence-electron chi connectivity index (χ2n) is 5.65. The van der Waals surface area contributed by atoms with Gasteiger partial charge in [0.25, 0.3) is 0 Å². The van der Waals surface area contributed by atoms with E-state index in [2.05, 4.69) is 22.5 Å². The lowest BCUT2D eigenvalue weighted by atomic mass is 10.2. The van der Waals surface area contributed by atoms with Crippen LogP contribution in [-0.2, 0) is 4.79 Å². The van der Waals surface area contributed by atoms with Gasteiger partial charge in [0.15, 0.2) is 0 Å². The van der Waals surface area contributed by atoms with E-state index >= 15 is 0 Å². The fourth-order valence-electron chi connectivity index (χ4n) is 2.68. The third kappa shape index (κ3) is 4.62. The summed E-state index contributed by atoms with van der Waals surface area (Å²) in [5.41, 5.74) is 0.846. The summed E-state index contributed by atoms with van der Waals surface area (Å²) in [5, 5.41) is 6.30. The first-order valence-electron chi connectivity index (χ1n) is 7.49. The van der Waals surface area contributed by atoms with Crippen molar-refractivity contribution < 1.29 is 4.79 Å². The van der Waals surface area contributed by atoms with Gasteiger partial charge in [-0.05, 0) is 51.9 Å². The smallest absolute Gasteiger partial charge is 0.241 e. The van der Waals surface area contributed by atoms with Crippen LogP contribution in [0.3, 0.4) is 0 Å². The van der Waals surface area contributed by atoms with Crippen molar-refractivity contribution in [3.8, 4) is 0 Å². The number of amides is 1. The summed E-state index contributed by atoms with van der Waals surface area (Å²) >= 11 is 0. The number of benzene rings is 1. The van der Waals surface area contributed by atoms with Crippen molar-refractivity contribution in [2.45, 2.75) is 38.8 Å². The van der Waals surface area contributed by atoms with Gasteiger partial charge in [-0.2, -0.15) is 0 Å². The third-order valence-corrected chi connectivity index (χ3v) is 3.70. The molecule has 1 aliphatic heterocycles. The molecule has 1 aromatic rings. The number of rotatable bonds is 6. The molecule has 1 saturated heterocycles. The van der Waals surface area contributed by atoms with E-state index in [9.17, 15) is 4.79 Å². The quantitative estimate of drug-likeness (QED) is 0.835. The zero-order chi connectivity index (χ0) is 14.4. The van der Waals surface area contributed by atoms with E-state index < -0.39 is 0 Å². The van der Waals surface area contributed by atoms with Crippen LogP contribution in [0.5, 0.6) is 0 Å². The summed E-state index contributed by atoms with van der Waals surface area (Å²) in [6.45, 7) is 7.46. The number of carbonyl (C=O) groups excluding carboxylic acids is 1. The van der Waals surface area contributed by atoms with Crippen LogP contribution in [0.4, 0.5) is 5.69 Å².